The number of carbonyl (C=O) groups excluding carboxylic acids is 1. The van der Waals surface area contributed by atoms with E-state index in [4.69, 9.17) is 9.47 Å². The summed E-state index contributed by atoms with van der Waals surface area (Å²) in [6, 6.07) is 11.2. The van der Waals surface area contributed by atoms with E-state index in [9.17, 15) is 4.79 Å². The summed E-state index contributed by atoms with van der Waals surface area (Å²) in [5, 5.41) is 6.15. The van der Waals surface area contributed by atoms with Gasteiger partial charge < -0.3 is 20.1 Å². The Bertz CT molecular complexity index is 715. The molecule has 7 nitrogen and oxygen atoms in total. The fourth-order valence-corrected chi connectivity index (χ4v) is 2.71. The molecule has 1 amide bonds. The summed E-state index contributed by atoms with van der Waals surface area (Å²) in [5.41, 5.74) is 2.11. The fraction of sp³-hybridized carbons (Fsp3) is 0.368. The Hall–Kier alpha value is -2.64. The van der Waals surface area contributed by atoms with Crippen LogP contribution in [0.3, 0.4) is 0 Å². The van der Waals surface area contributed by atoms with Crippen molar-refractivity contribution in [3.63, 3.8) is 0 Å². The molecule has 1 saturated heterocycles. The number of amides is 1. The van der Waals surface area contributed by atoms with E-state index in [1.54, 1.807) is 19.4 Å². The minimum Gasteiger partial charge on any atom is -0.497 e. The van der Waals surface area contributed by atoms with Gasteiger partial charge in [0.25, 0.3) is 5.91 Å². The molecule has 26 heavy (non-hydrogen) atoms. The van der Waals surface area contributed by atoms with Crippen molar-refractivity contribution in [2.45, 2.75) is 0 Å². The lowest BCUT2D eigenvalue weighted by atomic mass is 10.2. The van der Waals surface area contributed by atoms with Gasteiger partial charge in [-0.1, -0.05) is 6.07 Å². The number of anilines is 2. The number of carbonyl (C=O) groups is 1. The molecule has 0 spiro atoms. The molecular formula is C19H24N4O3. The van der Waals surface area contributed by atoms with Gasteiger partial charge in [-0.2, -0.15) is 0 Å². The summed E-state index contributed by atoms with van der Waals surface area (Å²) in [6.45, 7) is 4.78. The van der Waals surface area contributed by atoms with Gasteiger partial charge in [0.05, 0.1) is 32.2 Å². The third-order valence-electron chi connectivity index (χ3n) is 4.17. The van der Waals surface area contributed by atoms with E-state index in [0.29, 0.717) is 12.2 Å². The zero-order chi connectivity index (χ0) is 18.2. The highest BCUT2D eigenvalue weighted by Crippen LogP contribution is 2.20. The van der Waals surface area contributed by atoms with E-state index in [1.165, 1.54) is 0 Å². The molecule has 0 saturated carbocycles. The first-order valence-electron chi connectivity index (χ1n) is 8.70. The van der Waals surface area contributed by atoms with E-state index in [0.717, 1.165) is 50.0 Å². The molecule has 1 aromatic carbocycles. The molecule has 138 valence electrons. The van der Waals surface area contributed by atoms with Crippen molar-refractivity contribution in [2.75, 3.05) is 51.8 Å². The number of hydrogen-bond acceptors (Lipinski definition) is 6. The van der Waals surface area contributed by atoms with Crippen LogP contribution in [0, 0.1) is 0 Å². The van der Waals surface area contributed by atoms with Crippen molar-refractivity contribution < 1.29 is 14.3 Å². The van der Waals surface area contributed by atoms with Crippen LogP contribution in [0.4, 0.5) is 11.4 Å². The quantitative estimate of drug-likeness (QED) is 0.789. The molecule has 0 radical (unpaired) electrons. The van der Waals surface area contributed by atoms with Gasteiger partial charge in [0.1, 0.15) is 11.4 Å². The van der Waals surface area contributed by atoms with E-state index < -0.39 is 0 Å². The highest BCUT2D eigenvalue weighted by Gasteiger charge is 2.11. The Kier molecular flexibility index (Phi) is 6.40. The normalized spacial score (nSPS) is 14.7. The minimum atomic E-state index is -0.161. The maximum Gasteiger partial charge on any atom is 0.269 e. The Balaban J connectivity index is 1.49. The topological polar surface area (TPSA) is 75.7 Å². The fourth-order valence-electron chi connectivity index (χ4n) is 2.71. The number of ether oxygens (including phenoxy) is 2. The lowest BCUT2D eigenvalue weighted by Gasteiger charge is -2.26. The minimum absolute atomic E-state index is 0.161. The standard InChI is InChI=1S/C19H24N4O3/c1-25-17-4-2-3-15(13-17)22-16-5-6-18(21-14-16)19(24)20-7-8-23-9-11-26-12-10-23/h2-6,13-14,22H,7-12H2,1H3,(H,20,24). The molecular weight excluding hydrogens is 332 g/mol. The van der Waals surface area contributed by atoms with Crippen LogP contribution < -0.4 is 15.4 Å². The largest absolute Gasteiger partial charge is 0.497 e. The molecule has 0 atom stereocenters. The predicted molar refractivity (Wildman–Crippen MR) is 100 cm³/mol. The average molecular weight is 356 g/mol. The van der Waals surface area contributed by atoms with Crippen molar-refractivity contribution in [2.24, 2.45) is 0 Å². The molecule has 2 aromatic rings. The summed E-state index contributed by atoms with van der Waals surface area (Å²) in [4.78, 5) is 18.7. The first-order chi connectivity index (χ1) is 12.7. The summed E-state index contributed by atoms with van der Waals surface area (Å²) >= 11 is 0. The zero-order valence-electron chi connectivity index (χ0n) is 14.9. The smallest absolute Gasteiger partial charge is 0.269 e. The summed E-state index contributed by atoms with van der Waals surface area (Å²) < 4.78 is 10.5. The molecule has 7 heteroatoms. The second-order valence-electron chi connectivity index (χ2n) is 6.00. The SMILES string of the molecule is COc1cccc(Nc2ccc(C(=O)NCCN3CCOCC3)nc2)c1. The van der Waals surface area contributed by atoms with E-state index in [-0.39, 0.29) is 5.91 Å². The number of hydrogen-bond donors (Lipinski definition) is 2. The monoisotopic (exact) mass is 356 g/mol. The second kappa shape index (κ2) is 9.17. The zero-order valence-corrected chi connectivity index (χ0v) is 14.9. The maximum absolute atomic E-state index is 12.2. The first-order valence-corrected chi connectivity index (χ1v) is 8.70. The molecule has 1 fully saturated rings. The molecule has 3 rings (SSSR count). The van der Waals surface area contributed by atoms with Crippen molar-refractivity contribution in [3.8, 4) is 5.75 Å². The van der Waals surface area contributed by atoms with Gasteiger partial charge in [-0.25, -0.2) is 4.98 Å². The number of aromatic nitrogens is 1. The lowest BCUT2D eigenvalue weighted by molar-refractivity contribution is 0.0383. The first kappa shape index (κ1) is 18.2. The van der Waals surface area contributed by atoms with Crippen LogP contribution in [0.1, 0.15) is 10.5 Å². The number of nitrogens with zero attached hydrogens (tertiary/aromatic N) is 2. The molecule has 2 N–H and O–H groups in total. The Morgan fingerprint density at radius 3 is 2.81 bits per heavy atom. The molecule has 2 heterocycles. The highest BCUT2D eigenvalue weighted by molar-refractivity contribution is 5.92. The van der Waals surface area contributed by atoms with Crippen molar-refractivity contribution >= 4 is 17.3 Å². The van der Waals surface area contributed by atoms with Crippen molar-refractivity contribution in [3.05, 3.63) is 48.3 Å². The molecule has 1 aliphatic heterocycles. The third-order valence-corrected chi connectivity index (χ3v) is 4.17. The third kappa shape index (κ3) is 5.18. The van der Waals surface area contributed by atoms with E-state index in [2.05, 4.69) is 20.5 Å². The van der Waals surface area contributed by atoms with Gasteiger partial charge in [-0.05, 0) is 24.3 Å². The maximum atomic E-state index is 12.2. The van der Waals surface area contributed by atoms with E-state index >= 15 is 0 Å². The number of morpholine rings is 1. The van der Waals surface area contributed by atoms with Gasteiger partial charge in [0.2, 0.25) is 0 Å². The molecule has 1 aromatic heterocycles. The molecule has 0 bridgehead atoms. The number of benzene rings is 1. The van der Waals surface area contributed by atoms with Gasteiger partial charge in [0.15, 0.2) is 0 Å². The van der Waals surface area contributed by atoms with Crippen LogP contribution in [0.2, 0.25) is 0 Å². The van der Waals surface area contributed by atoms with Gasteiger partial charge >= 0.3 is 0 Å². The van der Waals surface area contributed by atoms with Crippen LogP contribution >= 0.6 is 0 Å². The van der Waals surface area contributed by atoms with Crippen molar-refractivity contribution in [1.29, 1.82) is 0 Å². The molecule has 1 aliphatic rings. The molecule has 0 aliphatic carbocycles. The highest BCUT2D eigenvalue weighted by atomic mass is 16.5. The summed E-state index contributed by atoms with van der Waals surface area (Å²) in [7, 11) is 1.63. The Morgan fingerprint density at radius 1 is 1.23 bits per heavy atom. The number of pyridine rings is 1. The lowest BCUT2D eigenvalue weighted by Crippen LogP contribution is -2.41. The van der Waals surface area contributed by atoms with Crippen molar-refractivity contribution in [1.82, 2.24) is 15.2 Å². The molecule has 0 unspecified atom stereocenters. The average Bonchev–Trinajstić information content (AvgIpc) is 2.69. The van der Waals surface area contributed by atoms with Crippen LogP contribution in [0.5, 0.6) is 5.75 Å². The summed E-state index contributed by atoms with van der Waals surface area (Å²) in [6.07, 6.45) is 1.65. The predicted octanol–water partition coefficient (Wildman–Crippen LogP) is 1.90. The van der Waals surface area contributed by atoms with Crippen LogP contribution in [0.25, 0.3) is 0 Å². The van der Waals surface area contributed by atoms with Gasteiger partial charge in [0, 0.05) is 37.9 Å². The van der Waals surface area contributed by atoms with E-state index in [1.807, 2.05) is 30.3 Å². The van der Waals surface area contributed by atoms with Crippen LogP contribution in [-0.2, 0) is 4.74 Å². The number of rotatable bonds is 7. The number of methoxy groups -OCH3 is 1. The van der Waals surface area contributed by atoms with Crippen LogP contribution in [-0.4, -0.2) is 62.3 Å². The van der Waals surface area contributed by atoms with Crippen LogP contribution in [0.15, 0.2) is 42.6 Å². The van der Waals surface area contributed by atoms with Gasteiger partial charge in [-0.15, -0.1) is 0 Å². The van der Waals surface area contributed by atoms with Gasteiger partial charge in [-0.3, -0.25) is 9.69 Å². The Labute approximate surface area is 153 Å². The second-order valence-corrected chi connectivity index (χ2v) is 6.00. The number of nitrogens with one attached hydrogen (secondary N) is 2. The summed E-state index contributed by atoms with van der Waals surface area (Å²) in [5.74, 6) is 0.616. The Morgan fingerprint density at radius 2 is 2.08 bits per heavy atom.